The summed E-state index contributed by atoms with van der Waals surface area (Å²) in [6, 6.07) is 6.70. The number of nitrogens with zero attached hydrogens (tertiary/aromatic N) is 1. The van der Waals surface area contributed by atoms with Crippen molar-refractivity contribution < 1.29 is 4.79 Å². The van der Waals surface area contributed by atoms with Crippen molar-refractivity contribution in [1.82, 2.24) is 10.2 Å². The molecule has 0 heterocycles. The van der Waals surface area contributed by atoms with Crippen LogP contribution in [0, 0.1) is 0 Å². The zero-order chi connectivity index (χ0) is 14.3. The quantitative estimate of drug-likeness (QED) is 0.765. The molecule has 1 rings (SSSR count). The van der Waals surface area contributed by atoms with Gasteiger partial charge in [0, 0.05) is 18.1 Å². The summed E-state index contributed by atoms with van der Waals surface area (Å²) in [5, 5.41) is 3.84. The fourth-order valence-corrected chi connectivity index (χ4v) is 2.07. The molecule has 3 N–H and O–H groups in total. The van der Waals surface area contributed by atoms with Gasteiger partial charge in [-0.15, -0.1) is 0 Å². The Labute approximate surface area is 119 Å². The first-order valence-electron chi connectivity index (χ1n) is 6.59. The lowest BCUT2D eigenvalue weighted by atomic mass is 10.1. The van der Waals surface area contributed by atoms with Crippen LogP contribution in [0.4, 0.5) is 0 Å². The molecule has 5 heteroatoms. The lowest BCUT2D eigenvalue weighted by molar-refractivity contribution is -0.120. The van der Waals surface area contributed by atoms with Crippen LogP contribution in [0.1, 0.15) is 25.5 Å². The molecular formula is C14H22ClN3O. The van der Waals surface area contributed by atoms with Crippen LogP contribution < -0.4 is 11.1 Å². The molecular weight excluding hydrogens is 262 g/mol. The molecule has 0 aromatic heterocycles. The van der Waals surface area contributed by atoms with E-state index in [2.05, 4.69) is 24.1 Å². The molecule has 0 saturated heterocycles. The zero-order valence-corrected chi connectivity index (χ0v) is 12.3. The number of hydrogen-bond acceptors (Lipinski definition) is 3. The largest absolute Gasteiger partial charge is 0.368 e. The molecule has 0 bridgehead atoms. The Kier molecular flexibility index (Phi) is 6.84. The molecule has 1 aromatic carbocycles. The van der Waals surface area contributed by atoms with Crippen molar-refractivity contribution in [2.45, 2.75) is 19.9 Å². The lowest BCUT2D eigenvalue weighted by Crippen LogP contribution is -2.38. The molecule has 4 nitrogen and oxygen atoms in total. The summed E-state index contributed by atoms with van der Waals surface area (Å²) in [5.41, 5.74) is 6.28. The Balaban J connectivity index is 2.59. The van der Waals surface area contributed by atoms with Crippen LogP contribution in [0.15, 0.2) is 24.3 Å². The topological polar surface area (TPSA) is 58.4 Å². The van der Waals surface area contributed by atoms with E-state index in [-0.39, 0.29) is 5.91 Å². The molecule has 1 amide bonds. The van der Waals surface area contributed by atoms with E-state index in [4.69, 9.17) is 17.3 Å². The number of primary amides is 1. The average Bonchev–Trinajstić information content (AvgIpc) is 2.40. The van der Waals surface area contributed by atoms with Gasteiger partial charge in [0.25, 0.3) is 0 Å². The predicted molar refractivity (Wildman–Crippen MR) is 79.2 cm³/mol. The van der Waals surface area contributed by atoms with Crippen LogP contribution >= 0.6 is 11.6 Å². The smallest absolute Gasteiger partial charge is 0.239 e. The van der Waals surface area contributed by atoms with Crippen LogP contribution in [0.5, 0.6) is 0 Å². The average molecular weight is 284 g/mol. The second-order valence-electron chi connectivity index (χ2n) is 4.37. The highest BCUT2D eigenvalue weighted by atomic mass is 35.5. The van der Waals surface area contributed by atoms with Gasteiger partial charge in [0.15, 0.2) is 0 Å². The number of hydrogen-bond donors (Lipinski definition) is 2. The van der Waals surface area contributed by atoms with Crippen LogP contribution in [-0.4, -0.2) is 37.0 Å². The van der Waals surface area contributed by atoms with Gasteiger partial charge in [0.05, 0.1) is 0 Å². The molecule has 0 aliphatic carbocycles. The standard InChI is InChI=1S/C14H22ClN3O/c1-3-18(4-2)10-9-17-13(14(16)19)11-5-7-12(15)8-6-11/h5-8,13,17H,3-4,9-10H2,1-2H3,(H2,16,19). The first-order chi connectivity index (χ1) is 9.08. The van der Waals surface area contributed by atoms with E-state index in [1.165, 1.54) is 0 Å². The van der Waals surface area contributed by atoms with Crippen molar-refractivity contribution in [3.63, 3.8) is 0 Å². The normalized spacial score (nSPS) is 12.6. The third-order valence-corrected chi connectivity index (χ3v) is 3.41. The summed E-state index contributed by atoms with van der Waals surface area (Å²) in [4.78, 5) is 13.8. The van der Waals surface area contributed by atoms with E-state index < -0.39 is 6.04 Å². The van der Waals surface area contributed by atoms with Crippen LogP contribution in [0.3, 0.4) is 0 Å². The van der Waals surface area contributed by atoms with Crippen molar-refractivity contribution in [2.24, 2.45) is 5.73 Å². The van der Waals surface area contributed by atoms with E-state index in [0.29, 0.717) is 5.02 Å². The summed E-state index contributed by atoms with van der Waals surface area (Å²) >= 11 is 5.84. The third-order valence-electron chi connectivity index (χ3n) is 3.16. The SMILES string of the molecule is CCN(CC)CCNC(C(N)=O)c1ccc(Cl)cc1. The number of carbonyl (C=O) groups excluding carboxylic acids is 1. The highest BCUT2D eigenvalue weighted by Crippen LogP contribution is 2.16. The third kappa shape index (κ3) is 5.19. The van der Waals surface area contributed by atoms with Crippen molar-refractivity contribution in [2.75, 3.05) is 26.2 Å². The van der Waals surface area contributed by atoms with Gasteiger partial charge in [-0.3, -0.25) is 4.79 Å². The van der Waals surface area contributed by atoms with Crippen molar-refractivity contribution in [3.8, 4) is 0 Å². The van der Waals surface area contributed by atoms with Gasteiger partial charge in [-0.05, 0) is 30.8 Å². The van der Waals surface area contributed by atoms with E-state index in [1.807, 2.05) is 12.1 Å². The fourth-order valence-electron chi connectivity index (χ4n) is 1.94. The maximum absolute atomic E-state index is 11.5. The molecule has 0 spiro atoms. The Morgan fingerprint density at radius 2 is 1.89 bits per heavy atom. The van der Waals surface area contributed by atoms with Gasteiger partial charge in [-0.1, -0.05) is 37.6 Å². The first-order valence-corrected chi connectivity index (χ1v) is 6.96. The van der Waals surface area contributed by atoms with Gasteiger partial charge in [-0.25, -0.2) is 0 Å². The van der Waals surface area contributed by atoms with Crippen LogP contribution in [-0.2, 0) is 4.79 Å². The van der Waals surface area contributed by atoms with Gasteiger partial charge < -0.3 is 16.0 Å². The molecule has 106 valence electrons. The number of nitrogens with two attached hydrogens (primary N) is 1. The minimum Gasteiger partial charge on any atom is -0.368 e. The zero-order valence-electron chi connectivity index (χ0n) is 11.5. The van der Waals surface area contributed by atoms with Crippen molar-refractivity contribution >= 4 is 17.5 Å². The molecule has 0 aliphatic heterocycles. The lowest BCUT2D eigenvalue weighted by Gasteiger charge is -2.21. The first kappa shape index (κ1) is 16.0. The van der Waals surface area contributed by atoms with E-state index in [9.17, 15) is 4.79 Å². The molecule has 1 aromatic rings. The van der Waals surface area contributed by atoms with E-state index in [1.54, 1.807) is 12.1 Å². The Morgan fingerprint density at radius 1 is 1.32 bits per heavy atom. The number of rotatable bonds is 8. The van der Waals surface area contributed by atoms with Crippen molar-refractivity contribution in [3.05, 3.63) is 34.9 Å². The second kappa shape index (κ2) is 8.15. The fraction of sp³-hybridized carbons (Fsp3) is 0.500. The van der Waals surface area contributed by atoms with E-state index >= 15 is 0 Å². The van der Waals surface area contributed by atoms with Crippen LogP contribution in [0.25, 0.3) is 0 Å². The molecule has 0 radical (unpaired) electrons. The van der Waals surface area contributed by atoms with Gasteiger partial charge in [0.2, 0.25) is 5.91 Å². The number of halogens is 1. The van der Waals surface area contributed by atoms with Crippen molar-refractivity contribution in [1.29, 1.82) is 0 Å². The number of nitrogens with one attached hydrogen (secondary N) is 1. The maximum atomic E-state index is 11.5. The number of benzene rings is 1. The summed E-state index contributed by atoms with van der Waals surface area (Å²) in [6.07, 6.45) is 0. The highest BCUT2D eigenvalue weighted by molar-refractivity contribution is 6.30. The number of amides is 1. The molecule has 0 aliphatic rings. The maximum Gasteiger partial charge on any atom is 0.239 e. The number of likely N-dealkylation sites (N-methyl/N-ethyl adjacent to an activating group) is 1. The molecule has 0 fully saturated rings. The monoisotopic (exact) mass is 283 g/mol. The Morgan fingerprint density at radius 3 is 2.37 bits per heavy atom. The van der Waals surface area contributed by atoms with Gasteiger partial charge in [0.1, 0.15) is 6.04 Å². The minimum absolute atomic E-state index is 0.373. The second-order valence-corrected chi connectivity index (χ2v) is 4.80. The molecule has 1 unspecified atom stereocenters. The Hall–Kier alpha value is -1.10. The summed E-state index contributed by atoms with van der Waals surface area (Å²) in [6.45, 7) is 7.85. The van der Waals surface area contributed by atoms with Crippen LogP contribution in [0.2, 0.25) is 5.02 Å². The predicted octanol–water partition coefficient (Wildman–Crippen LogP) is 1.80. The summed E-state index contributed by atoms with van der Waals surface area (Å²) in [5.74, 6) is -0.373. The minimum atomic E-state index is -0.465. The molecule has 1 atom stereocenters. The van der Waals surface area contributed by atoms with Gasteiger partial charge in [-0.2, -0.15) is 0 Å². The summed E-state index contributed by atoms with van der Waals surface area (Å²) < 4.78 is 0. The number of carbonyl (C=O) groups is 1. The molecule has 19 heavy (non-hydrogen) atoms. The van der Waals surface area contributed by atoms with Gasteiger partial charge >= 0.3 is 0 Å². The highest BCUT2D eigenvalue weighted by Gasteiger charge is 2.16. The molecule has 0 saturated carbocycles. The summed E-state index contributed by atoms with van der Waals surface area (Å²) in [7, 11) is 0. The Bertz CT molecular complexity index is 390. The van der Waals surface area contributed by atoms with E-state index in [0.717, 1.165) is 31.7 Å².